The number of benzene rings is 2. The Morgan fingerprint density at radius 1 is 1.24 bits per heavy atom. The molecule has 0 fully saturated rings. The van der Waals surface area contributed by atoms with Crippen molar-refractivity contribution >= 4 is 16.9 Å². The molecule has 0 saturated heterocycles. The van der Waals surface area contributed by atoms with E-state index in [2.05, 4.69) is 4.98 Å². The molecule has 5 heterocycles. The van der Waals surface area contributed by atoms with Crippen LogP contribution in [0.2, 0.25) is 0 Å². The molecule has 2 aromatic heterocycles. The molecule has 0 saturated carbocycles. The zero-order chi connectivity index (χ0) is 28.8. The summed E-state index contributed by atoms with van der Waals surface area (Å²) in [6, 6.07) is 9.89. The van der Waals surface area contributed by atoms with Crippen molar-refractivity contribution < 1.29 is 32.3 Å². The van der Waals surface area contributed by atoms with E-state index in [1.54, 1.807) is 25.3 Å². The largest absolute Gasteiger partial charge is 0.491 e. The van der Waals surface area contributed by atoms with Crippen LogP contribution in [-0.2, 0) is 5.60 Å². The highest BCUT2D eigenvalue weighted by Gasteiger charge is 2.45. The van der Waals surface area contributed by atoms with Gasteiger partial charge >= 0.3 is 6.61 Å². The van der Waals surface area contributed by atoms with E-state index in [4.69, 9.17) is 18.6 Å². The van der Waals surface area contributed by atoms with Gasteiger partial charge in [-0.25, -0.2) is 4.98 Å². The van der Waals surface area contributed by atoms with Gasteiger partial charge in [-0.1, -0.05) is 12.1 Å². The molecule has 3 aliphatic heterocycles. The molecule has 1 N–H and O–H groups in total. The van der Waals surface area contributed by atoms with Gasteiger partial charge in [0.1, 0.15) is 28.6 Å². The van der Waals surface area contributed by atoms with Gasteiger partial charge < -0.3 is 24.0 Å². The molecule has 1 amide bonds. The number of nitrogens with zero attached hydrogens (tertiary/aromatic N) is 4. The maximum absolute atomic E-state index is 13.6. The van der Waals surface area contributed by atoms with E-state index in [-0.39, 0.29) is 23.3 Å². The lowest BCUT2D eigenvalue weighted by Crippen LogP contribution is -2.30. The number of aromatic nitrogens is 3. The standard InChI is InChI=1S/C28H24F2N4O4/c1-28(36)8-9-37-22-11-15(13-31-24(22)28)14-6-7-17-18(10-14)34-19-12-20(25(34)32-17)33(2)26(35)16-4-3-5-21(23(16)19)38-27(29)30/h3-7,10-11,13,19-20,27,36H,8-9,12H2,1-2H3/t19-,20-,28-/m1/s1/i2D3. The fourth-order valence-electron chi connectivity index (χ4n) is 5.88. The molecule has 2 aromatic carbocycles. The Kier molecular flexibility index (Phi) is 4.19. The number of alkyl halides is 2. The predicted octanol–water partition coefficient (Wildman–Crippen LogP) is 4.81. The summed E-state index contributed by atoms with van der Waals surface area (Å²) in [5.41, 5.74) is 2.22. The van der Waals surface area contributed by atoms with Gasteiger partial charge in [-0.3, -0.25) is 9.78 Å². The van der Waals surface area contributed by atoms with Gasteiger partial charge in [0.2, 0.25) is 0 Å². The third-order valence-electron chi connectivity index (χ3n) is 7.69. The molecular formula is C28H24F2N4O4. The number of hydrogen-bond acceptors (Lipinski definition) is 6. The van der Waals surface area contributed by atoms with Crippen molar-refractivity contribution in [2.45, 2.75) is 44.1 Å². The Balaban J connectivity index is 1.43. The minimum absolute atomic E-state index is 0.00137. The van der Waals surface area contributed by atoms with Crippen molar-refractivity contribution in [3.63, 3.8) is 0 Å². The van der Waals surface area contributed by atoms with Gasteiger partial charge in [0, 0.05) is 46.8 Å². The molecule has 194 valence electrons. The molecule has 0 radical (unpaired) electrons. The SMILES string of the molecule is [2H]C([2H])([2H])N1C(=O)c2cccc(OC(F)F)c2[C@H]2C[C@@H]1c1nc3ccc(-c4cnc5c(c4)OCC[C@@]5(C)O)cc3n12. The Hall–Kier alpha value is -4.05. The van der Waals surface area contributed by atoms with Crippen LogP contribution < -0.4 is 9.47 Å². The smallest absolute Gasteiger partial charge is 0.387 e. The minimum atomic E-state index is -3.14. The van der Waals surface area contributed by atoms with Crippen molar-refractivity contribution in [2.24, 2.45) is 0 Å². The molecule has 0 aliphatic carbocycles. The van der Waals surface area contributed by atoms with Gasteiger partial charge in [0.05, 0.1) is 29.7 Å². The number of aliphatic hydroxyl groups is 1. The van der Waals surface area contributed by atoms with Gasteiger partial charge in [-0.2, -0.15) is 8.78 Å². The van der Waals surface area contributed by atoms with Gasteiger partial charge in [-0.15, -0.1) is 0 Å². The first-order valence-corrected chi connectivity index (χ1v) is 12.2. The van der Waals surface area contributed by atoms with Crippen LogP contribution in [0, 0.1) is 0 Å². The predicted molar refractivity (Wildman–Crippen MR) is 133 cm³/mol. The lowest BCUT2D eigenvalue weighted by Gasteiger charge is -2.30. The Labute approximate surface area is 220 Å². The zero-order valence-corrected chi connectivity index (χ0v) is 20.2. The van der Waals surface area contributed by atoms with Crippen molar-refractivity contribution in [1.82, 2.24) is 19.4 Å². The minimum Gasteiger partial charge on any atom is -0.491 e. The number of pyridine rings is 1. The van der Waals surface area contributed by atoms with E-state index in [0.29, 0.717) is 41.3 Å². The topological polar surface area (TPSA) is 89.7 Å². The van der Waals surface area contributed by atoms with Crippen LogP contribution in [0.5, 0.6) is 11.5 Å². The van der Waals surface area contributed by atoms with Crippen LogP contribution >= 0.6 is 0 Å². The van der Waals surface area contributed by atoms with E-state index in [9.17, 15) is 18.7 Å². The lowest BCUT2D eigenvalue weighted by molar-refractivity contribution is -0.0507. The zero-order valence-electron chi connectivity index (χ0n) is 23.2. The first kappa shape index (κ1) is 20.0. The van der Waals surface area contributed by atoms with Crippen molar-refractivity contribution in [2.75, 3.05) is 13.6 Å². The van der Waals surface area contributed by atoms with Gasteiger partial charge in [-0.05, 0) is 42.8 Å². The second-order valence-electron chi connectivity index (χ2n) is 10.0. The van der Waals surface area contributed by atoms with E-state index in [1.165, 1.54) is 18.2 Å². The molecule has 8 nitrogen and oxygen atoms in total. The van der Waals surface area contributed by atoms with E-state index < -0.39 is 37.2 Å². The summed E-state index contributed by atoms with van der Waals surface area (Å²) in [5, 5.41) is 10.7. The molecule has 10 heteroatoms. The van der Waals surface area contributed by atoms with Crippen LogP contribution in [0.15, 0.2) is 48.7 Å². The quantitative estimate of drug-likeness (QED) is 0.416. The summed E-state index contributed by atoms with van der Waals surface area (Å²) in [6.07, 6.45) is 2.20. The maximum atomic E-state index is 13.6. The molecule has 7 rings (SSSR count). The molecule has 0 spiro atoms. The number of hydrogen-bond donors (Lipinski definition) is 1. The third kappa shape index (κ3) is 3.26. The van der Waals surface area contributed by atoms with E-state index in [1.807, 2.05) is 16.7 Å². The van der Waals surface area contributed by atoms with Crippen LogP contribution in [0.3, 0.4) is 0 Å². The van der Waals surface area contributed by atoms with Gasteiger partial charge in [0.25, 0.3) is 5.91 Å². The summed E-state index contributed by atoms with van der Waals surface area (Å²) in [5.74, 6) is -0.135. The summed E-state index contributed by atoms with van der Waals surface area (Å²) in [6.45, 7) is -3.90. The van der Waals surface area contributed by atoms with E-state index >= 15 is 0 Å². The van der Waals surface area contributed by atoms with Gasteiger partial charge in [0.15, 0.2) is 0 Å². The fourth-order valence-corrected chi connectivity index (χ4v) is 5.88. The molecule has 4 aromatic rings. The molecule has 0 unspecified atom stereocenters. The molecule has 3 aliphatic rings. The second-order valence-corrected chi connectivity index (χ2v) is 10.0. The highest BCUT2D eigenvalue weighted by molar-refractivity contribution is 5.98. The molecule has 3 atom stereocenters. The number of rotatable bonds is 3. The first-order valence-electron chi connectivity index (χ1n) is 13.7. The Morgan fingerprint density at radius 2 is 2.11 bits per heavy atom. The average Bonchev–Trinajstić information content (AvgIpc) is 3.40. The number of carbonyl (C=O) groups is 1. The average molecular weight is 522 g/mol. The van der Waals surface area contributed by atoms with Crippen LogP contribution in [-0.4, -0.2) is 50.6 Å². The summed E-state index contributed by atoms with van der Waals surface area (Å²) < 4.78 is 63.8. The Morgan fingerprint density at radius 3 is 2.92 bits per heavy atom. The summed E-state index contributed by atoms with van der Waals surface area (Å²) in [7, 11) is 0. The van der Waals surface area contributed by atoms with Crippen molar-refractivity contribution in [3.05, 3.63) is 71.3 Å². The Bertz CT molecular complexity index is 1740. The summed E-state index contributed by atoms with van der Waals surface area (Å²) >= 11 is 0. The third-order valence-corrected chi connectivity index (χ3v) is 7.69. The number of amides is 1. The second kappa shape index (κ2) is 7.97. The van der Waals surface area contributed by atoms with Crippen LogP contribution in [0.1, 0.15) is 63.4 Å². The first-order chi connectivity index (χ1) is 19.4. The monoisotopic (exact) mass is 521 g/mol. The van der Waals surface area contributed by atoms with Crippen molar-refractivity contribution in [1.29, 1.82) is 0 Å². The lowest BCUT2D eigenvalue weighted by atomic mass is 9.94. The van der Waals surface area contributed by atoms with Crippen LogP contribution in [0.4, 0.5) is 8.78 Å². The number of fused-ring (bicyclic) bond motifs is 10. The molecule has 38 heavy (non-hydrogen) atoms. The highest BCUT2D eigenvalue weighted by Crippen LogP contribution is 2.50. The van der Waals surface area contributed by atoms with Crippen molar-refractivity contribution in [3.8, 4) is 22.6 Å². The normalized spacial score (nSPS) is 25.1. The number of ether oxygens (including phenoxy) is 2. The molecular weight excluding hydrogens is 494 g/mol. The molecule has 2 bridgehead atoms. The highest BCUT2D eigenvalue weighted by atomic mass is 19.3. The number of halogens is 2. The van der Waals surface area contributed by atoms with E-state index in [0.717, 1.165) is 16.0 Å². The fraction of sp³-hybridized carbons (Fsp3) is 0.321. The number of carbonyl (C=O) groups excluding carboxylic acids is 1. The van der Waals surface area contributed by atoms with Crippen LogP contribution in [0.25, 0.3) is 22.2 Å². The number of imidazole rings is 1. The summed E-state index contributed by atoms with van der Waals surface area (Å²) in [4.78, 5) is 23.6. The maximum Gasteiger partial charge on any atom is 0.387 e.